The fraction of sp³-hybridized carbons (Fsp3) is 0.444. The third-order valence-electron chi connectivity index (χ3n) is 7.05. The molecular formula is C27H31N3O6. The minimum atomic E-state index is -0.333. The molecule has 0 saturated carbocycles. The van der Waals surface area contributed by atoms with Crippen molar-refractivity contribution in [1.82, 2.24) is 14.8 Å². The van der Waals surface area contributed by atoms with Gasteiger partial charge in [-0.2, -0.15) is 0 Å². The van der Waals surface area contributed by atoms with Crippen LogP contribution in [0, 0.1) is 0 Å². The maximum Gasteiger partial charge on any atom is 0.257 e. The first-order valence-corrected chi connectivity index (χ1v) is 12.5. The van der Waals surface area contributed by atoms with Crippen LogP contribution in [-0.4, -0.2) is 48.3 Å². The summed E-state index contributed by atoms with van der Waals surface area (Å²) in [6.07, 6.45) is 7.33. The molecule has 1 aliphatic carbocycles. The molecule has 2 aromatic rings. The average molecular weight is 494 g/mol. The summed E-state index contributed by atoms with van der Waals surface area (Å²) in [5, 5.41) is 2.94. The summed E-state index contributed by atoms with van der Waals surface area (Å²) in [5.41, 5.74) is 2.75. The molecule has 3 aliphatic rings. The number of carbonyl (C=O) groups is 2. The lowest BCUT2D eigenvalue weighted by Crippen LogP contribution is -2.34. The minimum absolute atomic E-state index is 0.0739. The van der Waals surface area contributed by atoms with Crippen LogP contribution in [0.25, 0.3) is 0 Å². The van der Waals surface area contributed by atoms with Crippen LogP contribution in [0.5, 0.6) is 17.2 Å². The fourth-order valence-corrected chi connectivity index (χ4v) is 5.10. The van der Waals surface area contributed by atoms with E-state index in [1.54, 1.807) is 4.57 Å². The summed E-state index contributed by atoms with van der Waals surface area (Å²) in [6.45, 7) is 1.68. The van der Waals surface area contributed by atoms with Crippen LogP contribution in [0.4, 0.5) is 0 Å². The van der Waals surface area contributed by atoms with Gasteiger partial charge in [0.1, 0.15) is 11.3 Å². The Hall–Kier alpha value is -3.75. The predicted octanol–water partition coefficient (Wildman–Crippen LogP) is 2.79. The number of allylic oxidation sites excluding steroid dienone is 1. The summed E-state index contributed by atoms with van der Waals surface area (Å²) in [4.78, 5) is 41.0. The van der Waals surface area contributed by atoms with E-state index in [2.05, 4.69) is 11.4 Å². The second kappa shape index (κ2) is 10.5. The molecule has 0 bridgehead atoms. The van der Waals surface area contributed by atoms with Gasteiger partial charge in [0, 0.05) is 50.8 Å². The normalized spacial score (nSPS) is 16.6. The Morgan fingerprint density at radius 1 is 1.06 bits per heavy atom. The third-order valence-corrected chi connectivity index (χ3v) is 7.05. The van der Waals surface area contributed by atoms with E-state index in [9.17, 15) is 14.4 Å². The highest BCUT2D eigenvalue weighted by molar-refractivity contribution is 5.98. The Bertz CT molecular complexity index is 1260. The smallest absolute Gasteiger partial charge is 0.257 e. The van der Waals surface area contributed by atoms with Crippen molar-refractivity contribution in [3.05, 3.63) is 63.1 Å². The molecule has 0 radical (unpaired) electrons. The number of nitrogens with zero attached hydrogens (tertiary/aromatic N) is 2. The average Bonchev–Trinajstić information content (AvgIpc) is 3.24. The number of aromatic nitrogens is 1. The molecule has 1 N–H and O–H groups in total. The fourth-order valence-electron chi connectivity index (χ4n) is 5.10. The van der Waals surface area contributed by atoms with Gasteiger partial charge in [0.2, 0.25) is 12.7 Å². The monoisotopic (exact) mass is 493 g/mol. The van der Waals surface area contributed by atoms with Crippen LogP contribution in [0.1, 0.15) is 53.7 Å². The molecule has 5 rings (SSSR count). The zero-order chi connectivity index (χ0) is 25.1. The first-order valence-electron chi connectivity index (χ1n) is 12.5. The summed E-state index contributed by atoms with van der Waals surface area (Å²) >= 11 is 0. The van der Waals surface area contributed by atoms with Crippen LogP contribution in [-0.2, 0) is 24.3 Å². The van der Waals surface area contributed by atoms with E-state index in [0.717, 1.165) is 24.8 Å². The van der Waals surface area contributed by atoms with Crippen molar-refractivity contribution in [1.29, 1.82) is 0 Å². The van der Waals surface area contributed by atoms with Gasteiger partial charge >= 0.3 is 0 Å². The molecule has 0 spiro atoms. The quantitative estimate of drug-likeness (QED) is 0.622. The van der Waals surface area contributed by atoms with Crippen LogP contribution in [0.15, 0.2) is 40.7 Å². The van der Waals surface area contributed by atoms with Crippen molar-refractivity contribution in [3.8, 4) is 17.2 Å². The van der Waals surface area contributed by atoms with Gasteiger partial charge in [0.25, 0.3) is 11.5 Å². The van der Waals surface area contributed by atoms with E-state index in [1.807, 2.05) is 23.1 Å². The molecule has 0 unspecified atom stereocenters. The molecular weight excluding hydrogens is 462 g/mol. The molecule has 9 nitrogen and oxygen atoms in total. The van der Waals surface area contributed by atoms with Crippen molar-refractivity contribution < 1.29 is 23.8 Å². The van der Waals surface area contributed by atoms with E-state index in [-0.39, 0.29) is 36.5 Å². The summed E-state index contributed by atoms with van der Waals surface area (Å²) < 4.78 is 17.8. The zero-order valence-electron chi connectivity index (χ0n) is 20.5. The van der Waals surface area contributed by atoms with Gasteiger partial charge in [0.05, 0.1) is 7.11 Å². The van der Waals surface area contributed by atoms with Crippen molar-refractivity contribution in [2.24, 2.45) is 0 Å². The number of benzene rings is 1. The molecule has 36 heavy (non-hydrogen) atoms. The van der Waals surface area contributed by atoms with E-state index < -0.39 is 0 Å². The van der Waals surface area contributed by atoms with Crippen LogP contribution < -0.4 is 25.1 Å². The second-order valence-electron chi connectivity index (χ2n) is 9.31. The number of pyridine rings is 1. The van der Waals surface area contributed by atoms with Gasteiger partial charge < -0.3 is 29.0 Å². The molecule has 2 amide bonds. The first kappa shape index (κ1) is 24.0. The topological polar surface area (TPSA) is 99.1 Å². The number of carbonyl (C=O) groups excluding carboxylic acids is 2. The molecule has 3 heterocycles. The van der Waals surface area contributed by atoms with Crippen molar-refractivity contribution in [2.75, 3.05) is 27.0 Å². The van der Waals surface area contributed by atoms with Gasteiger partial charge in [-0.1, -0.05) is 17.7 Å². The number of methoxy groups -OCH3 is 1. The molecule has 0 atom stereocenters. The lowest BCUT2D eigenvalue weighted by molar-refractivity contribution is -0.130. The van der Waals surface area contributed by atoms with E-state index in [1.165, 1.54) is 25.2 Å². The number of hydrogen-bond donors (Lipinski definition) is 1. The highest BCUT2D eigenvalue weighted by atomic mass is 16.7. The van der Waals surface area contributed by atoms with E-state index in [4.69, 9.17) is 14.2 Å². The third kappa shape index (κ3) is 4.96. The number of hydrogen-bond acceptors (Lipinski definition) is 6. The lowest BCUT2D eigenvalue weighted by Gasteiger charge is -2.21. The Labute approximate surface area is 209 Å². The van der Waals surface area contributed by atoms with Crippen molar-refractivity contribution in [3.63, 3.8) is 0 Å². The number of fused-ring (bicyclic) bond motifs is 2. The van der Waals surface area contributed by atoms with Crippen molar-refractivity contribution >= 4 is 11.8 Å². The highest BCUT2D eigenvalue weighted by Gasteiger charge is 2.27. The molecule has 2 aliphatic heterocycles. The largest absolute Gasteiger partial charge is 0.496 e. The Morgan fingerprint density at radius 2 is 1.92 bits per heavy atom. The maximum atomic E-state index is 13.4. The number of rotatable bonds is 6. The van der Waals surface area contributed by atoms with Gasteiger partial charge in [-0.05, 0) is 43.4 Å². The maximum absolute atomic E-state index is 13.4. The van der Waals surface area contributed by atoms with E-state index in [0.29, 0.717) is 55.2 Å². The summed E-state index contributed by atoms with van der Waals surface area (Å²) in [5.74, 6) is 1.30. The van der Waals surface area contributed by atoms with E-state index >= 15 is 0 Å². The zero-order valence-corrected chi connectivity index (χ0v) is 20.5. The molecule has 9 heteroatoms. The Balaban J connectivity index is 1.33. The molecule has 190 valence electrons. The minimum Gasteiger partial charge on any atom is -0.496 e. The van der Waals surface area contributed by atoms with Crippen LogP contribution >= 0.6 is 0 Å². The predicted molar refractivity (Wildman–Crippen MR) is 132 cm³/mol. The van der Waals surface area contributed by atoms with Crippen LogP contribution in [0.2, 0.25) is 0 Å². The van der Waals surface area contributed by atoms with Gasteiger partial charge in [-0.25, -0.2) is 0 Å². The molecule has 0 saturated heterocycles. The van der Waals surface area contributed by atoms with Gasteiger partial charge in [-0.3, -0.25) is 14.4 Å². The standard InChI is InChI=1S/C27H31N3O6/c1-34-23-15-25(32)30-12-11-29(24(31)14-18-5-3-2-4-6-18)10-9-20(30)26(23)27(33)28-16-19-7-8-21-22(13-19)36-17-35-21/h5,7-8,13,15H,2-4,6,9-12,14,16-17H2,1H3,(H,28,33). The number of ether oxygens (including phenoxy) is 3. The SMILES string of the molecule is COc1cc(=O)n2c(c1C(=O)NCc1ccc3c(c1)OCO3)CCN(C(=O)CC1=CCCCC1)CC2. The second-order valence-corrected chi connectivity index (χ2v) is 9.31. The molecule has 0 fully saturated rings. The Kier molecular flexibility index (Phi) is 6.97. The Morgan fingerprint density at radius 3 is 2.72 bits per heavy atom. The molecule has 1 aromatic carbocycles. The summed E-state index contributed by atoms with van der Waals surface area (Å²) in [6, 6.07) is 6.87. The van der Waals surface area contributed by atoms with Crippen LogP contribution in [0.3, 0.4) is 0 Å². The first-order chi connectivity index (χ1) is 17.5. The highest BCUT2D eigenvalue weighted by Crippen LogP contribution is 2.32. The van der Waals surface area contributed by atoms with Crippen molar-refractivity contribution in [2.45, 2.75) is 51.6 Å². The lowest BCUT2D eigenvalue weighted by atomic mass is 9.97. The van der Waals surface area contributed by atoms with Gasteiger partial charge in [0.15, 0.2) is 11.5 Å². The van der Waals surface area contributed by atoms with Gasteiger partial charge in [-0.15, -0.1) is 0 Å². The number of amides is 2. The molecule has 1 aromatic heterocycles. The number of nitrogens with one attached hydrogen (secondary N) is 1. The summed E-state index contributed by atoms with van der Waals surface area (Å²) in [7, 11) is 1.45.